The van der Waals surface area contributed by atoms with E-state index in [2.05, 4.69) is 19.2 Å². The SMILES string of the molecule is Cc1ccc(CNC(=O)CCN)c(OCCC(C)C)c1. The molecule has 1 amide bonds. The van der Waals surface area contributed by atoms with Crippen LogP contribution in [-0.2, 0) is 11.3 Å². The maximum atomic E-state index is 11.5. The first-order chi connectivity index (χ1) is 9.52. The fourth-order valence-corrected chi connectivity index (χ4v) is 1.76. The molecule has 4 nitrogen and oxygen atoms in total. The van der Waals surface area contributed by atoms with Gasteiger partial charge in [0, 0.05) is 25.1 Å². The molecule has 1 rings (SSSR count). The van der Waals surface area contributed by atoms with Crippen LogP contribution in [0, 0.1) is 12.8 Å². The lowest BCUT2D eigenvalue weighted by atomic mass is 10.1. The molecule has 0 atom stereocenters. The lowest BCUT2D eigenvalue weighted by molar-refractivity contribution is -0.121. The Morgan fingerprint density at radius 1 is 1.40 bits per heavy atom. The van der Waals surface area contributed by atoms with Crippen LogP contribution in [0.15, 0.2) is 18.2 Å². The van der Waals surface area contributed by atoms with E-state index < -0.39 is 0 Å². The number of hydrogen-bond acceptors (Lipinski definition) is 3. The van der Waals surface area contributed by atoms with Crippen molar-refractivity contribution < 1.29 is 9.53 Å². The van der Waals surface area contributed by atoms with Crippen molar-refractivity contribution in [3.8, 4) is 5.75 Å². The minimum absolute atomic E-state index is 0.0267. The van der Waals surface area contributed by atoms with Crippen LogP contribution in [0.2, 0.25) is 0 Å². The number of carbonyl (C=O) groups is 1. The van der Waals surface area contributed by atoms with Gasteiger partial charge >= 0.3 is 0 Å². The Bertz CT molecular complexity index is 430. The van der Waals surface area contributed by atoms with Crippen molar-refractivity contribution in [2.45, 2.75) is 40.2 Å². The van der Waals surface area contributed by atoms with E-state index in [4.69, 9.17) is 10.5 Å². The number of carbonyl (C=O) groups excluding carboxylic acids is 1. The Hall–Kier alpha value is -1.55. The van der Waals surface area contributed by atoms with Crippen molar-refractivity contribution >= 4 is 5.91 Å². The van der Waals surface area contributed by atoms with E-state index in [1.54, 1.807) is 0 Å². The topological polar surface area (TPSA) is 64.4 Å². The fraction of sp³-hybridized carbons (Fsp3) is 0.562. The molecule has 0 aliphatic heterocycles. The summed E-state index contributed by atoms with van der Waals surface area (Å²) < 4.78 is 5.85. The minimum Gasteiger partial charge on any atom is -0.493 e. The number of rotatable bonds is 8. The molecule has 0 saturated heterocycles. The number of benzene rings is 1. The highest BCUT2D eigenvalue weighted by Crippen LogP contribution is 2.21. The van der Waals surface area contributed by atoms with Crippen molar-refractivity contribution in [3.05, 3.63) is 29.3 Å². The van der Waals surface area contributed by atoms with Gasteiger partial charge in [-0.05, 0) is 30.9 Å². The third kappa shape index (κ3) is 6.06. The summed E-state index contributed by atoms with van der Waals surface area (Å²) in [7, 11) is 0. The average Bonchev–Trinajstić information content (AvgIpc) is 2.37. The number of nitrogens with one attached hydrogen (secondary N) is 1. The molecule has 0 saturated carbocycles. The molecule has 0 spiro atoms. The first-order valence-electron chi connectivity index (χ1n) is 7.22. The van der Waals surface area contributed by atoms with Crippen LogP contribution in [0.4, 0.5) is 0 Å². The fourth-order valence-electron chi connectivity index (χ4n) is 1.76. The van der Waals surface area contributed by atoms with E-state index >= 15 is 0 Å². The first-order valence-corrected chi connectivity index (χ1v) is 7.22. The summed E-state index contributed by atoms with van der Waals surface area (Å²) in [6.07, 6.45) is 1.38. The van der Waals surface area contributed by atoms with Gasteiger partial charge in [0.05, 0.1) is 6.61 Å². The monoisotopic (exact) mass is 278 g/mol. The molecule has 0 heterocycles. The second-order valence-corrected chi connectivity index (χ2v) is 5.46. The lowest BCUT2D eigenvalue weighted by Crippen LogP contribution is -2.25. The number of nitrogens with two attached hydrogens (primary N) is 1. The Balaban J connectivity index is 2.62. The van der Waals surface area contributed by atoms with E-state index in [0.29, 0.717) is 32.0 Å². The molecule has 0 aliphatic rings. The molecule has 0 bridgehead atoms. The minimum atomic E-state index is -0.0267. The van der Waals surface area contributed by atoms with E-state index in [1.165, 1.54) is 0 Å². The van der Waals surface area contributed by atoms with Gasteiger partial charge in [0.15, 0.2) is 0 Å². The molecular weight excluding hydrogens is 252 g/mol. The van der Waals surface area contributed by atoms with Crippen LogP contribution in [0.5, 0.6) is 5.75 Å². The molecule has 112 valence electrons. The first kappa shape index (κ1) is 16.5. The van der Waals surface area contributed by atoms with E-state index in [1.807, 2.05) is 25.1 Å². The zero-order chi connectivity index (χ0) is 15.0. The summed E-state index contributed by atoms with van der Waals surface area (Å²) in [5.41, 5.74) is 7.52. The third-order valence-corrected chi connectivity index (χ3v) is 3.02. The van der Waals surface area contributed by atoms with Crippen molar-refractivity contribution in [2.75, 3.05) is 13.2 Å². The number of amides is 1. The van der Waals surface area contributed by atoms with Gasteiger partial charge in [-0.15, -0.1) is 0 Å². The largest absolute Gasteiger partial charge is 0.493 e. The molecule has 0 unspecified atom stereocenters. The van der Waals surface area contributed by atoms with Gasteiger partial charge < -0.3 is 15.8 Å². The zero-order valence-corrected chi connectivity index (χ0v) is 12.7. The van der Waals surface area contributed by atoms with Gasteiger partial charge in [-0.25, -0.2) is 0 Å². The molecule has 0 aliphatic carbocycles. The van der Waals surface area contributed by atoms with Gasteiger partial charge in [0.1, 0.15) is 5.75 Å². The van der Waals surface area contributed by atoms with Crippen molar-refractivity contribution in [1.82, 2.24) is 5.32 Å². The van der Waals surface area contributed by atoms with Crippen molar-refractivity contribution in [1.29, 1.82) is 0 Å². The highest BCUT2D eigenvalue weighted by Gasteiger charge is 2.07. The van der Waals surface area contributed by atoms with Crippen molar-refractivity contribution in [3.63, 3.8) is 0 Å². The van der Waals surface area contributed by atoms with E-state index in [0.717, 1.165) is 23.3 Å². The number of aryl methyl sites for hydroxylation is 1. The van der Waals surface area contributed by atoms with E-state index in [-0.39, 0.29) is 5.91 Å². The molecule has 4 heteroatoms. The summed E-state index contributed by atoms with van der Waals surface area (Å²) in [4.78, 5) is 11.5. The highest BCUT2D eigenvalue weighted by atomic mass is 16.5. The third-order valence-electron chi connectivity index (χ3n) is 3.02. The van der Waals surface area contributed by atoms with Gasteiger partial charge in [-0.2, -0.15) is 0 Å². The molecule has 20 heavy (non-hydrogen) atoms. The van der Waals surface area contributed by atoms with Crippen LogP contribution >= 0.6 is 0 Å². The predicted molar refractivity (Wildman–Crippen MR) is 81.6 cm³/mol. The van der Waals surface area contributed by atoms with Gasteiger partial charge in [-0.3, -0.25) is 4.79 Å². The molecule has 3 N–H and O–H groups in total. The normalized spacial score (nSPS) is 10.7. The summed E-state index contributed by atoms with van der Waals surface area (Å²) in [6.45, 7) is 7.94. The molecule has 0 fully saturated rings. The molecule has 0 radical (unpaired) electrons. The summed E-state index contributed by atoms with van der Waals surface area (Å²) >= 11 is 0. The lowest BCUT2D eigenvalue weighted by Gasteiger charge is -2.14. The Labute approximate surface area is 121 Å². The second-order valence-electron chi connectivity index (χ2n) is 5.46. The summed E-state index contributed by atoms with van der Waals surface area (Å²) in [5.74, 6) is 1.45. The Morgan fingerprint density at radius 3 is 2.80 bits per heavy atom. The average molecular weight is 278 g/mol. The Kier molecular flexibility index (Phi) is 7.09. The molecular formula is C16H26N2O2. The number of hydrogen-bond donors (Lipinski definition) is 2. The zero-order valence-electron chi connectivity index (χ0n) is 12.7. The Morgan fingerprint density at radius 2 is 2.15 bits per heavy atom. The quantitative estimate of drug-likeness (QED) is 0.767. The van der Waals surface area contributed by atoms with Crippen LogP contribution in [0.3, 0.4) is 0 Å². The van der Waals surface area contributed by atoms with Gasteiger partial charge in [-0.1, -0.05) is 26.0 Å². The molecule has 1 aromatic carbocycles. The van der Waals surface area contributed by atoms with Crippen molar-refractivity contribution in [2.24, 2.45) is 11.7 Å². The maximum absolute atomic E-state index is 11.5. The second kappa shape index (κ2) is 8.59. The van der Waals surface area contributed by atoms with Crippen LogP contribution < -0.4 is 15.8 Å². The van der Waals surface area contributed by atoms with Crippen LogP contribution in [-0.4, -0.2) is 19.1 Å². The number of ether oxygens (including phenoxy) is 1. The molecule has 1 aromatic rings. The summed E-state index contributed by atoms with van der Waals surface area (Å²) in [5, 5.41) is 2.86. The van der Waals surface area contributed by atoms with E-state index in [9.17, 15) is 4.79 Å². The van der Waals surface area contributed by atoms with Crippen LogP contribution in [0.1, 0.15) is 37.8 Å². The molecule has 0 aromatic heterocycles. The van der Waals surface area contributed by atoms with Gasteiger partial charge in [0.25, 0.3) is 0 Å². The highest BCUT2D eigenvalue weighted by molar-refractivity contribution is 5.76. The summed E-state index contributed by atoms with van der Waals surface area (Å²) in [6, 6.07) is 6.05. The van der Waals surface area contributed by atoms with Gasteiger partial charge in [0.2, 0.25) is 5.91 Å². The maximum Gasteiger partial charge on any atom is 0.221 e. The smallest absolute Gasteiger partial charge is 0.221 e. The van der Waals surface area contributed by atoms with Crippen LogP contribution in [0.25, 0.3) is 0 Å². The standard InChI is InChI=1S/C16H26N2O2/c1-12(2)7-9-20-15-10-13(3)4-5-14(15)11-18-16(19)6-8-17/h4-5,10,12H,6-9,11,17H2,1-3H3,(H,18,19). The predicted octanol–water partition coefficient (Wildman–Crippen LogP) is 2.38.